The van der Waals surface area contributed by atoms with Crippen molar-refractivity contribution >= 4 is 5.97 Å². The number of carbonyl (C=O) groups is 1. The van der Waals surface area contributed by atoms with Crippen LogP contribution in [0.2, 0.25) is 0 Å². The van der Waals surface area contributed by atoms with Crippen molar-refractivity contribution in [3.05, 3.63) is 0 Å². The van der Waals surface area contributed by atoms with Crippen LogP contribution >= 0.6 is 0 Å². The van der Waals surface area contributed by atoms with Crippen LogP contribution in [0.3, 0.4) is 0 Å². The zero-order valence-corrected chi connectivity index (χ0v) is 10.4. The maximum Gasteiger partial charge on any atom is 0.414 e. The summed E-state index contributed by atoms with van der Waals surface area (Å²) in [5.74, 6) is -0.601. The van der Waals surface area contributed by atoms with Gasteiger partial charge >= 0.3 is 12.1 Å². The molecule has 1 fully saturated rings. The Bertz CT molecular complexity index is 308. The lowest BCUT2D eigenvalue weighted by Crippen LogP contribution is -2.54. The number of hydrogen-bond donors (Lipinski definition) is 1. The van der Waals surface area contributed by atoms with Crippen LogP contribution in [0.1, 0.15) is 32.6 Å². The van der Waals surface area contributed by atoms with E-state index in [1.165, 1.54) is 7.11 Å². The number of nitrogens with two attached hydrogens (primary N) is 1. The molecule has 18 heavy (non-hydrogen) atoms. The second-order valence-corrected chi connectivity index (χ2v) is 4.69. The number of rotatable bonds is 3. The van der Waals surface area contributed by atoms with Gasteiger partial charge < -0.3 is 15.2 Å². The fourth-order valence-electron chi connectivity index (χ4n) is 2.13. The van der Waals surface area contributed by atoms with Crippen molar-refractivity contribution in [2.24, 2.45) is 5.73 Å². The SMILES string of the molecule is COC(=O)C1(N)CCCC(OC(C)C(F)(F)F)C1. The molecule has 0 bridgehead atoms. The Hall–Kier alpha value is -0.820. The maximum atomic E-state index is 12.4. The molecule has 0 aromatic carbocycles. The van der Waals surface area contributed by atoms with Gasteiger partial charge in [-0.25, -0.2) is 0 Å². The third-order valence-corrected chi connectivity index (χ3v) is 3.19. The summed E-state index contributed by atoms with van der Waals surface area (Å²) in [5.41, 5.74) is 4.62. The molecule has 0 amide bonds. The fraction of sp³-hybridized carbons (Fsp3) is 0.909. The van der Waals surface area contributed by atoms with Crippen molar-refractivity contribution in [2.75, 3.05) is 7.11 Å². The van der Waals surface area contributed by atoms with E-state index in [1.54, 1.807) is 0 Å². The summed E-state index contributed by atoms with van der Waals surface area (Å²) in [5, 5.41) is 0. The van der Waals surface area contributed by atoms with E-state index in [2.05, 4.69) is 4.74 Å². The van der Waals surface area contributed by atoms with E-state index >= 15 is 0 Å². The van der Waals surface area contributed by atoms with E-state index in [0.29, 0.717) is 19.3 Å². The summed E-state index contributed by atoms with van der Waals surface area (Å²) >= 11 is 0. The Morgan fingerprint density at radius 3 is 2.61 bits per heavy atom. The quantitative estimate of drug-likeness (QED) is 0.793. The van der Waals surface area contributed by atoms with E-state index < -0.39 is 29.9 Å². The van der Waals surface area contributed by atoms with E-state index in [4.69, 9.17) is 10.5 Å². The molecule has 0 heterocycles. The molecule has 0 aromatic heterocycles. The highest BCUT2D eigenvalue weighted by atomic mass is 19.4. The van der Waals surface area contributed by atoms with Crippen molar-refractivity contribution in [1.29, 1.82) is 0 Å². The Morgan fingerprint density at radius 1 is 1.50 bits per heavy atom. The Balaban J connectivity index is 2.62. The molecule has 0 saturated heterocycles. The molecule has 1 aliphatic carbocycles. The number of alkyl halides is 3. The first-order valence-corrected chi connectivity index (χ1v) is 5.78. The van der Waals surface area contributed by atoms with Gasteiger partial charge in [-0.05, 0) is 26.2 Å². The first kappa shape index (κ1) is 15.2. The normalized spacial score (nSPS) is 30.9. The maximum absolute atomic E-state index is 12.4. The number of halogens is 3. The van der Waals surface area contributed by atoms with Gasteiger partial charge in [0, 0.05) is 6.42 Å². The van der Waals surface area contributed by atoms with E-state index in [0.717, 1.165) is 6.92 Å². The van der Waals surface area contributed by atoms with Crippen molar-refractivity contribution in [1.82, 2.24) is 0 Å². The summed E-state index contributed by atoms with van der Waals surface area (Å²) in [4.78, 5) is 11.5. The standard InChI is InChI=1S/C11H18F3NO3/c1-7(11(12,13)14)18-8-4-3-5-10(15,6-8)9(16)17-2/h7-8H,3-6,15H2,1-2H3. The minimum absolute atomic E-state index is 0.0556. The van der Waals surface area contributed by atoms with Crippen LogP contribution in [0.15, 0.2) is 0 Å². The smallest absolute Gasteiger partial charge is 0.414 e. The van der Waals surface area contributed by atoms with Crippen LogP contribution < -0.4 is 5.73 Å². The number of methoxy groups -OCH3 is 1. The van der Waals surface area contributed by atoms with Crippen LogP contribution in [-0.4, -0.2) is 37.0 Å². The van der Waals surface area contributed by atoms with E-state index in [9.17, 15) is 18.0 Å². The van der Waals surface area contributed by atoms with Crippen molar-refractivity contribution in [2.45, 2.75) is 56.5 Å². The summed E-state index contributed by atoms with van der Waals surface area (Å²) in [6.45, 7) is 0.949. The first-order chi connectivity index (χ1) is 8.19. The molecule has 0 radical (unpaired) electrons. The fourth-order valence-corrected chi connectivity index (χ4v) is 2.13. The van der Waals surface area contributed by atoms with Crippen LogP contribution in [-0.2, 0) is 14.3 Å². The minimum Gasteiger partial charge on any atom is -0.468 e. The van der Waals surface area contributed by atoms with Crippen LogP contribution in [0.4, 0.5) is 13.2 Å². The third-order valence-electron chi connectivity index (χ3n) is 3.19. The van der Waals surface area contributed by atoms with Crippen molar-refractivity contribution in [3.8, 4) is 0 Å². The van der Waals surface area contributed by atoms with Gasteiger partial charge in [0.05, 0.1) is 13.2 Å². The molecule has 2 N–H and O–H groups in total. The summed E-state index contributed by atoms with van der Waals surface area (Å²) < 4.78 is 46.6. The average molecular weight is 269 g/mol. The van der Waals surface area contributed by atoms with Crippen LogP contribution in [0, 0.1) is 0 Å². The monoisotopic (exact) mass is 269 g/mol. The zero-order valence-electron chi connectivity index (χ0n) is 10.4. The number of carbonyl (C=O) groups excluding carboxylic acids is 1. The van der Waals surface area contributed by atoms with Crippen molar-refractivity contribution in [3.63, 3.8) is 0 Å². The van der Waals surface area contributed by atoms with Gasteiger partial charge in [-0.2, -0.15) is 13.2 Å². The lowest BCUT2D eigenvalue weighted by molar-refractivity contribution is -0.231. The number of ether oxygens (including phenoxy) is 2. The molecule has 106 valence electrons. The molecule has 4 nitrogen and oxygen atoms in total. The molecule has 0 aromatic rings. The van der Waals surface area contributed by atoms with Gasteiger partial charge in [-0.1, -0.05) is 0 Å². The molecule has 1 rings (SSSR count). The summed E-state index contributed by atoms with van der Waals surface area (Å²) in [6.07, 6.45) is -5.46. The highest BCUT2D eigenvalue weighted by Crippen LogP contribution is 2.32. The largest absolute Gasteiger partial charge is 0.468 e. The second kappa shape index (κ2) is 5.44. The molecule has 1 saturated carbocycles. The van der Waals surface area contributed by atoms with Crippen LogP contribution in [0.5, 0.6) is 0 Å². The molecule has 7 heteroatoms. The molecule has 1 aliphatic rings. The third kappa shape index (κ3) is 3.58. The van der Waals surface area contributed by atoms with E-state index in [1.807, 2.05) is 0 Å². The predicted molar refractivity (Wildman–Crippen MR) is 57.8 cm³/mol. The highest BCUT2D eigenvalue weighted by molar-refractivity contribution is 5.80. The Kier molecular flexibility index (Phi) is 4.61. The predicted octanol–water partition coefficient (Wildman–Crippen LogP) is 1.77. The minimum atomic E-state index is -4.40. The zero-order chi connectivity index (χ0) is 14.0. The summed E-state index contributed by atoms with van der Waals surface area (Å²) in [6, 6.07) is 0. The van der Waals surface area contributed by atoms with Gasteiger partial charge in [0.2, 0.25) is 0 Å². The number of hydrogen-bond acceptors (Lipinski definition) is 4. The molecule has 0 spiro atoms. The lowest BCUT2D eigenvalue weighted by Gasteiger charge is -2.36. The lowest BCUT2D eigenvalue weighted by atomic mass is 9.81. The van der Waals surface area contributed by atoms with E-state index in [-0.39, 0.29) is 6.42 Å². The molecule has 3 atom stereocenters. The Morgan fingerprint density at radius 2 is 2.11 bits per heavy atom. The van der Waals surface area contributed by atoms with Gasteiger partial charge in [-0.15, -0.1) is 0 Å². The molecular weight excluding hydrogens is 251 g/mol. The van der Waals surface area contributed by atoms with Crippen LogP contribution in [0.25, 0.3) is 0 Å². The molecular formula is C11H18F3NO3. The topological polar surface area (TPSA) is 61.5 Å². The first-order valence-electron chi connectivity index (χ1n) is 5.78. The van der Waals surface area contributed by atoms with Gasteiger partial charge in [-0.3, -0.25) is 4.79 Å². The molecule has 3 unspecified atom stereocenters. The molecule has 0 aliphatic heterocycles. The van der Waals surface area contributed by atoms with Gasteiger partial charge in [0.1, 0.15) is 5.54 Å². The Labute approximate surface area is 104 Å². The summed E-state index contributed by atoms with van der Waals surface area (Å²) in [7, 11) is 1.21. The highest BCUT2D eigenvalue weighted by Gasteiger charge is 2.44. The second-order valence-electron chi connectivity index (χ2n) is 4.69. The number of esters is 1. The average Bonchev–Trinajstić information content (AvgIpc) is 2.26. The van der Waals surface area contributed by atoms with Gasteiger partial charge in [0.15, 0.2) is 6.10 Å². The van der Waals surface area contributed by atoms with Gasteiger partial charge in [0.25, 0.3) is 0 Å². The van der Waals surface area contributed by atoms with Crippen molar-refractivity contribution < 1.29 is 27.4 Å².